The van der Waals surface area contributed by atoms with Crippen molar-refractivity contribution >= 4 is 11.8 Å². The normalized spacial score (nSPS) is 22.8. The van der Waals surface area contributed by atoms with Crippen molar-refractivity contribution in [2.45, 2.75) is 18.2 Å². The average Bonchev–Trinajstić information content (AvgIpc) is 2.16. The van der Waals surface area contributed by atoms with E-state index in [2.05, 4.69) is 0 Å². The van der Waals surface area contributed by atoms with Gasteiger partial charge in [0.15, 0.2) is 0 Å². The van der Waals surface area contributed by atoms with E-state index in [1.807, 2.05) is 0 Å². The fraction of sp³-hybridized carbons (Fsp3) is 0.750. The molecule has 14 heavy (non-hydrogen) atoms. The molecule has 0 aromatic carbocycles. The van der Waals surface area contributed by atoms with E-state index in [-0.39, 0.29) is 12.0 Å². The van der Waals surface area contributed by atoms with Crippen LogP contribution < -0.4 is 0 Å². The van der Waals surface area contributed by atoms with Crippen molar-refractivity contribution in [3.05, 3.63) is 11.6 Å². The molecule has 0 saturated heterocycles. The van der Waals surface area contributed by atoms with E-state index in [0.717, 1.165) is 0 Å². The summed E-state index contributed by atoms with van der Waals surface area (Å²) in [5, 5.41) is 18.0. The Morgan fingerprint density at radius 1 is 1.43 bits per heavy atom. The predicted octanol–water partition coefficient (Wildman–Crippen LogP) is 1.34. The van der Waals surface area contributed by atoms with Crippen molar-refractivity contribution in [3.63, 3.8) is 0 Å². The Balaban J connectivity index is 2.94. The summed E-state index contributed by atoms with van der Waals surface area (Å²) >= 11 is 1.50. The van der Waals surface area contributed by atoms with Crippen molar-refractivity contribution in [2.24, 2.45) is 0 Å². The summed E-state index contributed by atoms with van der Waals surface area (Å²) in [5.41, 5.74) is -3.17. The number of aliphatic hydroxyl groups is 2. The number of hydrogen-bond acceptors (Lipinski definition) is 3. The van der Waals surface area contributed by atoms with Crippen LogP contribution in [0.1, 0.15) is 6.42 Å². The van der Waals surface area contributed by atoms with Crippen molar-refractivity contribution < 1.29 is 23.4 Å². The Bertz CT molecular complexity index is 239. The van der Waals surface area contributed by atoms with Crippen LogP contribution in [-0.2, 0) is 0 Å². The third-order valence-electron chi connectivity index (χ3n) is 2.19. The smallest absolute Gasteiger partial charge is 0.393 e. The maximum Gasteiger partial charge on any atom is 0.423 e. The number of thioether (sulfide) groups is 1. The molecule has 0 spiro atoms. The van der Waals surface area contributed by atoms with Gasteiger partial charge in [-0.05, 0) is 17.7 Å². The second-order valence-corrected chi connectivity index (χ2v) is 4.22. The van der Waals surface area contributed by atoms with E-state index >= 15 is 0 Å². The lowest BCUT2D eigenvalue weighted by Crippen LogP contribution is -2.50. The molecule has 1 aliphatic rings. The summed E-state index contributed by atoms with van der Waals surface area (Å²) in [5.74, 6) is 0.998. The molecule has 0 aromatic heterocycles. The summed E-state index contributed by atoms with van der Waals surface area (Å²) in [4.78, 5) is 0. The van der Waals surface area contributed by atoms with Crippen LogP contribution in [0.15, 0.2) is 11.6 Å². The van der Waals surface area contributed by atoms with Gasteiger partial charge in [0.2, 0.25) is 5.60 Å². The Morgan fingerprint density at radius 3 is 2.43 bits per heavy atom. The highest BCUT2D eigenvalue weighted by Crippen LogP contribution is 2.39. The number of hydrogen-bond donors (Lipinski definition) is 2. The van der Waals surface area contributed by atoms with Crippen LogP contribution in [0.4, 0.5) is 13.2 Å². The van der Waals surface area contributed by atoms with Gasteiger partial charge < -0.3 is 10.2 Å². The molecule has 0 aliphatic carbocycles. The molecule has 0 bridgehead atoms. The van der Waals surface area contributed by atoms with Crippen molar-refractivity contribution in [1.29, 1.82) is 0 Å². The molecule has 0 aromatic rings. The van der Waals surface area contributed by atoms with Crippen LogP contribution in [0.5, 0.6) is 0 Å². The highest BCUT2D eigenvalue weighted by molar-refractivity contribution is 7.99. The summed E-state index contributed by atoms with van der Waals surface area (Å²) in [7, 11) is 0. The van der Waals surface area contributed by atoms with E-state index in [4.69, 9.17) is 5.11 Å². The van der Waals surface area contributed by atoms with Gasteiger partial charge in [0.05, 0.1) is 6.61 Å². The second-order valence-electron chi connectivity index (χ2n) is 3.07. The third kappa shape index (κ3) is 2.07. The van der Waals surface area contributed by atoms with Crippen LogP contribution in [0.25, 0.3) is 0 Å². The van der Waals surface area contributed by atoms with Crippen LogP contribution in [0, 0.1) is 0 Å². The Kier molecular flexibility index (Phi) is 3.49. The molecule has 1 unspecified atom stereocenters. The minimum Gasteiger partial charge on any atom is -0.393 e. The minimum absolute atomic E-state index is 0.119. The quantitative estimate of drug-likeness (QED) is 0.701. The van der Waals surface area contributed by atoms with Crippen LogP contribution >= 0.6 is 11.8 Å². The first-order chi connectivity index (χ1) is 6.42. The minimum atomic E-state index is -4.81. The van der Waals surface area contributed by atoms with Crippen molar-refractivity contribution in [1.82, 2.24) is 0 Å². The number of aliphatic hydroxyl groups excluding tert-OH is 1. The van der Waals surface area contributed by atoms with Gasteiger partial charge in [-0.3, -0.25) is 0 Å². The van der Waals surface area contributed by atoms with E-state index < -0.39 is 18.4 Å². The Morgan fingerprint density at radius 2 is 2.07 bits per heavy atom. The fourth-order valence-electron chi connectivity index (χ4n) is 1.28. The van der Waals surface area contributed by atoms with Crippen LogP contribution in [-0.4, -0.2) is 40.1 Å². The van der Waals surface area contributed by atoms with E-state index in [9.17, 15) is 18.3 Å². The average molecular weight is 228 g/mol. The van der Waals surface area contributed by atoms with Gasteiger partial charge in [0, 0.05) is 5.75 Å². The molecule has 1 atom stereocenters. The number of rotatable bonds is 2. The first kappa shape index (κ1) is 11.9. The highest BCUT2D eigenvalue weighted by Gasteiger charge is 2.55. The maximum atomic E-state index is 12.4. The zero-order valence-electron chi connectivity index (χ0n) is 7.34. The van der Waals surface area contributed by atoms with Gasteiger partial charge in [0.1, 0.15) is 0 Å². The first-order valence-electron chi connectivity index (χ1n) is 4.09. The molecule has 0 fully saturated rings. The molecular weight excluding hydrogens is 217 g/mol. The van der Waals surface area contributed by atoms with Gasteiger partial charge in [-0.1, -0.05) is 6.08 Å². The molecule has 0 radical (unpaired) electrons. The predicted molar refractivity (Wildman–Crippen MR) is 48.1 cm³/mol. The van der Waals surface area contributed by atoms with Crippen molar-refractivity contribution in [3.8, 4) is 0 Å². The largest absolute Gasteiger partial charge is 0.423 e. The monoisotopic (exact) mass is 228 g/mol. The van der Waals surface area contributed by atoms with E-state index in [1.165, 1.54) is 17.8 Å². The lowest BCUT2D eigenvalue weighted by atomic mass is 9.91. The molecule has 1 aliphatic heterocycles. The first-order valence-corrected chi connectivity index (χ1v) is 5.24. The van der Waals surface area contributed by atoms with Gasteiger partial charge in [-0.2, -0.15) is 24.9 Å². The summed E-state index contributed by atoms with van der Waals surface area (Å²) < 4.78 is 37.3. The molecule has 2 N–H and O–H groups in total. The van der Waals surface area contributed by atoms with Gasteiger partial charge in [-0.25, -0.2) is 0 Å². The van der Waals surface area contributed by atoms with Gasteiger partial charge >= 0.3 is 6.18 Å². The summed E-state index contributed by atoms with van der Waals surface area (Å²) in [6, 6.07) is 0. The third-order valence-corrected chi connectivity index (χ3v) is 3.09. The summed E-state index contributed by atoms with van der Waals surface area (Å²) in [6.45, 7) is -1.31. The molecular formula is C8H11F3O2S. The lowest BCUT2D eigenvalue weighted by Gasteiger charge is -2.32. The molecule has 0 amide bonds. The Hall–Kier alpha value is -0.200. The van der Waals surface area contributed by atoms with E-state index in [1.54, 1.807) is 0 Å². The molecule has 6 heteroatoms. The van der Waals surface area contributed by atoms with Gasteiger partial charge in [0.25, 0.3) is 0 Å². The van der Waals surface area contributed by atoms with Gasteiger partial charge in [-0.15, -0.1) is 0 Å². The zero-order valence-corrected chi connectivity index (χ0v) is 8.16. The van der Waals surface area contributed by atoms with Crippen LogP contribution in [0.2, 0.25) is 0 Å². The second kappa shape index (κ2) is 4.12. The topological polar surface area (TPSA) is 40.5 Å². The molecule has 2 nitrogen and oxygen atoms in total. The maximum absolute atomic E-state index is 12.4. The molecule has 1 rings (SSSR count). The zero-order chi connectivity index (χ0) is 10.8. The molecule has 0 saturated carbocycles. The fourth-order valence-corrected chi connectivity index (χ4v) is 2.13. The molecule has 82 valence electrons. The SMILES string of the molecule is OCC(O)(C1=CCSCC1)C(F)(F)F. The lowest BCUT2D eigenvalue weighted by molar-refractivity contribution is -0.255. The van der Waals surface area contributed by atoms with Crippen LogP contribution in [0.3, 0.4) is 0 Å². The molecule has 1 heterocycles. The summed E-state index contributed by atoms with van der Waals surface area (Å²) in [6.07, 6.45) is -3.30. The Labute approximate surface area is 83.8 Å². The standard InChI is InChI=1S/C8H11F3O2S/c9-8(10,11)7(13,5-12)6-1-3-14-4-2-6/h1,12-13H,2-5H2. The highest BCUT2D eigenvalue weighted by atomic mass is 32.2. The number of halogens is 3. The number of alkyl halides is 3. The van der Waals surface area contributed by atoms with Crippen molar-refractivity contribution in [2.75, 3.05) is 18.1 Å². The van der Waals surface area contributed by atoms with E-state index in [0.29, 0.717) is 11.5 Å².